The number of carbonyl (C=O) groups excluding carboxylic acids is 6. The first-order valence-corrected chi connectivity index (χ1v) is 23.9. The summed E-state index contributed by atoms with van der Waals surface area (Å²) in [6, 6.07) is 21.1. The Balaban J connectivity index is 0.00000925. The fourth-order valence-electron chi connectivity index (χ4n) is 8.40. The first kappa shape index (κ1) is 52.0. The fraction of sp³-hybridized carbons (Fsp3) is 0.468. The second-order valence-electron chi connectivity index (χ2n) is 16.5. The van der Waals surface area contributed by atoms with E-state index < -0.39 is 39.7 Å². The van der Waals surface area contributed by atoms with Crippen molar-refractivity contribution in [3.8, 4) is 0 Å². The van der Waals surface area contributed by atoms with Gasteiger partial charge in [-0.25, -0.2) is 13.1 Å². The minimum Gasteiger partial charge on any atom is -0.370 e. The maximum absolute atomic E-state index is 14.2. The van der Waals surface area contributed by atoms with Gasteiger partial charge in [0.15, 0.2) is 5.96 Å². The molecule has 2 aliphatic rings. The Bertz CT molecular complexity index is 2170. The van der Waals surface area contributed by atoms with Crippen molar-refractivity contribution in [2.75, 3.05) is 26.2 Å². The Labute approximate surface area is 388 Å². The van der Waals surface area contributed by atoms with Crippen molar-refractivity contribution in [1.82, 2.24) is 25.6 Å². The van der Waals surface area contributed by atoms with Gasteiger partial charge in [0.2, 0.25) is 27.6 Å². The Morgan fingerprint density at radius 1 is 0.692 bits per heavy atom. The highest BCUT2D eigenvalue weighted by Gasteiger charge is 2.36. The lowest BCUT2D eigenvalue weighted by Crippen LogP contribution is -2.55. The van der Waals surface area contributed by atoms with Crippen molar-refractivity contribution in [2.24, 2.45) is 28.3 Å². The van der Waals surface area contributed by atoms with Crippen molar-refractivity contribution >= 4 is 63.7 Å². The van der Waals surface area contributed by atoms with Crippen molar-refractivity contribution in [2.45, 2.75) is 107 Å². The Morgan fingerprint density at radius 3 is 1.89 bits per heavy atom. The van der Waals surface area contributed by atoms with Gasteiger partial charge >= 0.3 is 0 Å². The van der Waals surface area contributed by atoms with Crippen molar-refractivity contribution in [1.29, 1.82) is 0 Å². The van der Waals surface area contributed by atoms with E-state index in [2.05, 4.69) is 25.7 Å². The molecule has 1 heterocycles. The molecule has 65 heavy (non-hydrogen) atoms. The third-order valence-corrected chi connectivity index (χ3v) is 13.3. The van der Waals surface area contributed by atoms with E-state index in [4.69, 9.17) is 11.5 Å². The average Bonchev–Trinajstić information content (AvgIpc) is 3.91. The van der Waals surface area contributed by atoms with Gasteiger partial charge in [0, 0.05) is 38.5 Å². The molecule has 1 saturated carbocycles. The number of benzene rings is 3. The number of halogens is 1. The molecule has 3 aromatic rings. The number of imide groups is 1. The van der Waals surface area contributed by atoms with E-state index in [1.54, 1.807) is 72.8 Å². The van der Waals surface area contributed by atoms with E-state index in [1.165, 1.54) is 17.0 Å². The Hall–Kier alpha value is -5.65. The lowest BCUT2D eigenvalue weighted by atomic mass is 9.85. The quantitative estimate of drug-likeness (QED) is 0.0209. The van der Waals surface area contributed by atoms with Crippen LogP contribution in [0.1, 0.15) is 110 Å². The van der Waals surface area contributed by atoms with Gasteiger partial charge in [-0.2, -0.15) is 0 Å². The van der Waals surface area contributed by atoms with Crippen LogP contribution in [0.2, 0.25) is 0 Å². The number of Topliss-reactive ketones (excluding diaryl/α,β-unsaturated/α-hetero) is 1. The molecule has 0 radical (unpaired) electrons. The van der Waals surface area contributed by atoms with Gasteiger partial charge in [-0.1, -0.05) is 106 Å². The number of hydrogen-bond acceptors (Lipinski definition) is 9. The molecule has 1 aliphatic heterocycles. The van der Waals surface area contributed by atoms with Gasteiger partial charge in [0.05, 0.1) is 16.0 Å². The van der Waals surface area contributed by atoms with Gasteiger partial charge in [0.25, 0.3) is 17.7 Å². The smallest absolute Gasteiger partial charge is 0.289 e. The summed E-state index contributed by atoms with van der Waals surface area (Å²) in [5.74, 6) is -3.56. The SMILES string of the molecule is Cl.NC(N)=NCCC[C@H](NC(=O)C(CCCCCCCCN1C(=O)c2ccccc2C1=O)C1CCCC1)C(=O)N[C@@H](Cc1ccccc1)C(=O)C(=O)NCCNS(=O)(=O)c1ccccc1. The van der Waals surface area contributed by atoms with Gasteiger partial charge in [-0.3, -0.25) is 38.7 Å². The van der Waals surface area contributed by atoms with Crippen molar-refractivity contribution < 1.29 is 37.2 Å². The third kappa shape index (κ3) is 15.8. The molecule has 5 rings (SSSR count). The van der Waals surface area contributed by atoms with Crippen LogP contribution in [-0.2, 0) is 35.6 Å². The summed E-state index contributed by atoms with van der Waals surface area (Å²) in [6.07, 6.45) is 10.1. The first-order valence-electron chi connectivity index (χ1n) is 22.4. The second kappa shape index (κ2) is 26.3. The number of nitrogens with two attached hydrogens (primary N) is 2. The zero-order valence-electron chi connectivity index (χ0n) is 36.8. The summed E-state index contributed by atoms with van der Waals surface area (Å²) in [4.78, 5) is 86.0. The summed E-state index contributed by atoms with van der Waals surface area (Å²) in [5.41, 5.74) is 12.7. The Morgan fingerprint density at radius 2 is 1.26 bits per heavy atom. The maximum atomic E-state index is 14.2. The van der Waals surface area contributed by atoms with Crippen LogP contribution in [0.5, 0.6) is 0 Å². The zero-order valence-corrected chi connectivity index (χ0v) is 38.4. The van der Waals surface area contributed by atoms with E-state index in [1.807, 2.05) is 0 Å². The zero-order chi connectivity index (χ0) is 45.9. The molecule has 1 fully saturated rings. The summed E-state index contributed by atoms with van der Waals surface area (Å²) in [5, 5.41) is 8.21. The molecule has 352 valence electrons. The van der Waals surface area contributed by atoms with Gasteiger partial charge in [-0.05, 0) is 74.3 Å². The number of hydrogen-bond donors (Lipinski definition) is 6. The Kier molecular flexibility index (Phi) is 21.1. The van der Waals surface area contributed by atoms with Crippen LogP contribution in [0.15, 0.2) is 94.8 Å². The van der Waals surface area contributed by atoms with Gasteiger partial charge in [0.1, 0.15) is 12.1 Å². The lowest BCUT2D eigenvalue weighted by Gasteiger charge is -2.27. The highest BCUT2D eigenvalue weighted by Crippen LogP contribution is 2.35. The van der Waals surface area contributed by atoms with E-state index in [-0.39, 0.29) is 85.3 Å². The number of carbonyl (C=O) groups is 6. The molecule has 8 N–H and O–H groups in total. The summed E-state index contributed by atoms with van der Waals surface area (Å²) in [6.45, 7) is 0.217. The number of nitrogens with one attached hydrogen (secondary N) is 4. The molecule has 5 amide bonds. The van der Waals surface area contributed by atoms with Crippen LogP contribution >= 0.6 is 12.4 Å². The minimum atomic E-state index is -3.84. The molecule has 1 unspecified atom stereocenters. The van der Waals surface area contributed by atoms with E-state index in [9.17, 15) is 37.2 Å². The minimum absolute atomic E-state index is 0. The number of unbranched alkanes of at least 4 members (excludes halogenated alkanes) is 5. The molecular weight excluding hydrogens is 872 g/mol. The van der Waals surface area contributed by atoms with Crippen molar-refractivity contribution in [3.63, 3.8) is 0 Å². The molecule has 3 aromatic carbocycles. The monoisotopic (exact) mass is 934 g/mol. The molecule has 16 nitrogen and oxygen atoms in total. The highest BCUT2D eigenvalue weighted by atomic mass is 35.5. The number of guanidine groups is 1. The highest BCUT2D eigenvalue weighted by molar-refractivity contribution is 7.89. The number of ketones is 1. The molecule has 0 bridgehead atoms. The van der Waals surface area contributed by atoms with Gasteiger partial charge in [-0.15, -0.1) is 12.4 Å². The summed E-state index contributed by atoms with van der Waals surface area (Å²) in [7, 11) is -3.84. The average molecular weight is 936 g/mol. The first-order chi connectivity index (χ1) is 30.9. The van der Waals surface area contributed by atoms with Crippen LogP contribution in [0.3, 0.4) is 0 Å². The van der Waals surface area contributed by atoms with E-state index >= 15 is 0 Å². The van der Waals surface area contributed by atoms with Crippen LogP contribution in [0, 0.1) is 11.8 Å². The second-order valence-corrected chi connectivity index (χ2v) is 18.2. The van der Waals surface area contributed by atoms with Crippen LogP contribution in [0.25, 0.3) is 0 Å². The molecule has 3 atom stereocenters. The number of aliphatic imine (C=N–C) groups is 1. The number of fused-ring (bicyclic) bond motifs is 1. The number of rotatable bonds is 27. The van der Waals surface area contributed by atoms with Crippen LogP contribution in [-0.4, -0.2) is 92.9 Å². The molecule has 1 aliphatic carbocycles. The van der Waals surface area contributed by atoms with Gasteiger partial charge < -0.3 is 27.4 Å². The predicted octanol–water partition coefficient (Wildman–Crippen LogP) is 4.17. The number of sulfonamides is 1. The molecule has 0 spiro atoms. The normalized spacial score (nSPS) is 15.0. The number of nitrogens with zero attached hydrogens (tertiary/aromatic N) is 2. The topological polar surface area (TPSA) is 252 Å². The third-order valence-electron chi connectivity index (χ3n) is 11.8. The van der Waals surface area contributed by atoms with E-state index in [0.29, 0.717) is 42.5 Å². The number of amides is 5. The molecule has 0 saturated heterocycles. The summed E-state index contributed by atoms with van der Waals surface area (Å²) >= 11 is 0. The van der Waals surface area contributed by atoms with E-state index in [0.717, 1.165) is 57.8 Å². The van der Waals surface area contributed by atoms with Crippen LogP contribution < -0.4 is 32.1 Å². The summed E-state index contributed by atoms with van der Waals surface area (Å²) < 4.78 is 27.6. The maximum Gasteiger partial charge on any atom is 0.289 e. The fourth-order valence-corrected chi connectivity index (χ4v) is 9.45. The molecule has 0 aromatic heterocycles. The molecule has 18 heteroatoms. The largest absolute Gasteiger partial charge is 0.370 e. The van der Waals surface area contributed by atoms with Crippen LogP contribution in [0.4, 0.5) is 0 Å². The predicted molar refractivity (Wildman–Crippen MR) is 250 cm³/mol. The van der Waals surface area contributed by atoms with Crippen molar-refractivity contribution in [3.05, 3.63) is 102 Å². The lowest BCUT2D eigenvalue weighted by molar-refractivity contribution is -0.140. The molecular formula is C47H63ClN8O8S. The standard InChI is InChI=1S/C47H62N8O8S.ClH/c48-47(49)51-28-17-27-39(43(58)54-40(32-33-18-7-5-8-19-33)41(56)44(59)50-29-30-52-64(62,63)35-22-9-6-10-23-35)53-42(57)36(34-20-12-13-21-34)24-11-3-1-2-4-16-31-55-45(60)37-25-14-15-26-38(37)46(55)61;/h5-10,14-15,18-19,22-23,25-26,34,36,39-40,52H,1-4,11-13,16-17,20-21,24,27-32H2,(H,50,59)(H,53,57)(H,54,58)(H4,48,49,51);1H/t36?,39-,40-;/m0./s1.